The third-order valence-electron chi connectivity index (χ3n) is 2.09. The number of anilines is 1. The van der Waals surface area contributed by atoms with Gasteiger partial charge in [-0.3, -0.25) is 4.79 Å². The first-order valence-corrected chi connectivity index (χ1v) is 4.96. The molecule has 0 spiro atoms. The van der Waals surface area contributed by atoms with Gasteiger partial charge in [-0.25, -0.2) is 8.78 Å². The predicted octanol–water partition coefficient (Wildman–Crippen LogP) is 1.30. The first-order chi connectivity index (χ1) is 8.02. The number of carbonyl (C=O) groups is 1. The minimum absolute atomic E-state index is 0.0418. The van der Waals surface area contributed by atoms with E-state index in [2.05, 4.69) is 10.1 Å². The van der Waals surface area contributed by atoms with Crippen LogP contribution in [0.3, 0.4) is 0 Å². The number of ether oxygens (including phenoxy) is 1. The number of hydrogen-bond acceptors (Lipinski definition) is 4. The summed E-state index contributed by atoms with van der Waals surface area (Å²) in [5, 5.41) is 12.1. The molecule has 6 heteroatoms. The molecule has 0 saturated heterocycles. The lowest BCUT2D eigenvalue weighted by Crippen LogP contribution is -2.23. The molecule has 2 N–H and O–H groups in total. The third-order valence-corrected chi connectivity index (χ3v) is 2.09. The van der Waals surface area contributed by atoms with Crippen molar-refractivity contribution in [2.24, 2.45) is 0 Å². The third kappa shape index (κ3) is 4.36. The van der Waals surface area contributed by atoms with E-state index in [4.69, 9.17) is 0 Å². The maximum absolute atomic E-state index is 12.8. The number of esters is 1. The average Bonchev–Trinajstić information content (AvgIpc) is 2.30. The monoisotopic (exact) mass is 245 g/mol. The van der Waals surface area contributed by atoms with Crippen LogP contribution in [0.2, 0.25) is 0 Å². The van der Waals surface area contributed by atoms with E-state index in [1.165, 1.54) is 13.2 Å². The fourth-order valence-electron chi connectivity index (χ4n) is 1.19. The second-order valence-electron chi connectivity index (χ2n) is 3.44. The van der Waals surface area contributed by atoms with Crippen LogP contribution < -0.4 is 5.32 Å². The Bertz CT molecular complexity index is 398. The normalized spacial score (nSPS) is 12.0. The van der Waals surface area contributed by atoms with Crippen LogP contribution >= 0.6 is 0 Å². The minimum Gasteiger partial charge on any atom is -0.469 e. The molecular weight excluding hydrogens is 232 g/mol. The van der Waals surface area contributed by atoms with E-state index in [9.17, 15) is 18.7 Å². The summed E-state index contributed by atoms with van der Waals surface area (Å²) in [5.41, 5.74) is 0.327. The van der Waals surface area contributed by atoms with Crippen molar-refractivity contribution < 1.29 is 23.4 Å². The van der Waals surface area contributed by atoms with Gasteiger partial charge in [-0.2, -0.15) is 0 Å². The van der Waals surface area contributed by atoms with Gasteiger partial charge in [0.25, 0.3) is 0 Å². The van der Waals surface area contributed by atoms with Gasteiger partial charge in [0.05, 0.1) is 19.6 Å². The van der Waals surface area contributed by atoms with Gasteiger partial charge in [-0.15, -0.1) is 0 Å². The second kappa shape index (κ2) is 6.15. The largest absolute Gasteiger partial charge is 0.469 e. The van der Waals surface area contributed by atoms with Crippen molar-refractivity contribution in [2.75, 3.05) is 19.0 Å². The average molecular weight is 245 g/mol. The van der Waals surface area contributed by atoms with Gasteiger partial charge in [0.2, 0.25) is 0 Å². The molecule has 0 saturated carbocycles. The highest BCUT2D eigenvalue weighted by Crippen LogP contribution is 2.13. The fraction of sp³-hybridized carbons (Fsp3) is 0.364. The van der Waals surface area contributed by atoms with Crippen LogP contribution in [0, 0.1) is 11.6 Å². The van der Waals surface area contributed by atoms with Gasteiger partial charge in [0.15, 0.2) is 11.6 Å². The number of aliphatic hydroxyl groups is 1. The second-order valence-corrected chi connectivity index (χ2v) is 3.44. The number of carbonyl (C=O) groups excluding carboxylic acids is 1. The number of benzene rings is 1. The van der Waals surface area contributed by atoms with E-state index >= 15 is 0 Å². The Morgan fingerprint density at radius 3 is 2.76 bits per heavy atom. The number of rotatable bonds is 5. The zero-order valence-electron chi connectivity index (χ0n) is 9.24. The molecule has 1 atom stereocenters. The highest BCUT2D eigenvalue weighted by molar-refractivity contribution is 5.69. The molecule has 1 aromatic rings. The molecule has 4 nitrogen and oxygen atoms in total. The van der Waals surface area contributed by atoms with Crippen molar-refractivity contribution >= 4 is 11.7 Å². The van der Waals surface area contributed by atoms with Crippen molar-refractivity contribution in [3.63, 3.8) is 0 Å². The lowest BCUT2D eigenvalue weighted by Gasteiger charge is -2.11. The van der Waals surface area contributed by atoms with Crippen molar-refractivity contribution in [3.05, 3.63) is 29.8 Å². The Labute approximate surface area is 97.2 Å². The predicted molar refractivity (Wildman–Crippen MR) is 57.5 cm³/mol. The lowest BCUT2D eigenvalue weighted by molar-refractivity contribution is -0.142. The zero-order valence-corrected chi connectivity index (χ0v) is 9.24. The van der Waals surface area contributed by atoms with E-state index in [1.807, 2.05) is 0 Å². The molecule has 0 aliphatic carbocycles. The van der Waals surface area contributed by atoms with Crippen molar-refractivity contribution in [3.8, 4) is 0 Å². The molecule has 0 fully saturated rings. The van der Waals surface area contributed by atoms with E-state index in [0.29, 0.717) is 5.69 Å². The summed E-state index contributed by atoms with van der Waals surface area (Å²) in [6, 6.07) is 3.29. The molecule has 1 aromatic carbocycles. The number of hydrogen-bond donors (Lipinski definition) is 2. The minimum atomic E-state index is -0.975. The Kier molecular flexibility index (Phi) is 4.84. The van der Waals surface area contributed by atoms with Crippen LogP contribution in [-0.4, -0.2) is 30.8 Å². The molecule has 0 aliphatic heterocycles. The van der Waals surface area contributed by atoms with E-state index < -0.39 is 23.7 Å². The van der Waals surface area contributed by atoms with Crippen LogP contribution in [0.4, 0.5) is 14.5 Å². The van der Waals surface area contributed by atoms with Crippen LogP contribution in [-0.2, 0) is 9.53 Å². The molecule has 0 radical (unpaired) electrons. The van der Waals surface area contributed by atoms with Crippen LogP contribution in [0.15, 0.2) is 18.2 Å². The van der Waals surface area contributed by atoms with Crippen LogP contribution in [0.25, 0.3) is 0 Å². The number of halogens is 2. The highest BCUT2D eigenvalue weighted by atomic mass is 19.2. The van der Waals surface area contributed by atoms with Gasteiger partial charge >= 0.3 is 5.97 Å². The van der Waals surface area contributed by atoms with Gasteiger partial charge < -0.3 is 15.2 Å². The fourth-order valence-corrected chi connectivity index (χ4v) is 1.19. The molecule has 0 amide bonds. The maximum atomic E-state index is 12.8. The maximum Gasteiger partial charge on any atom is 0.308 e. The SMILES string of the molecule is COC(=O)CC(O)CNc1ccc(F)c(F)c1. The summed E-state index contributed by atoms with van der Waals surface area (Å²) in [7, 11) is 1.22. The lowest BCUT2D eigenvalue weighted by atomic mass is 10.2. The molecule has 0 heterocycles. The van der Waals surface area contributed by atoms with Crippen LogP contribution in [0.1, 0.15) is 6.42 Å². The zero-order chi connectivity index (χ0) is 12.8. The van der Waals surface area contributed by atoms with Crippen LogP contribution in [0.5, 0.6) is 0 Å². The topological polar surface area (TPSA) is 58.6 Å². The molecule has 0 aromatic heterocycles. The molecule has 1 rings (SSSR count). The number of methoxy groups -OCH3 is 1. The summed E-state index contributed by atoms with van der Waals surface area (Å²) in [6.07, 6.45) is -1.11. The molecule has 1 unspecified atom stereocenters. The summed E-state index contributed by atoms with van der Waals surface area (Å²) >= 11 is 0. The Hall–Kier alpha value is -1.69. The van der Waals surface area contributed by atoms with Gasteiger partial charge in [0, 0.05) is 18.3 Å². The van der Waals surface area contributed by atoms with Gasteiger partial charge in [-0.1, -0.05) is 0 Å². The summed E-state index contributed by atoms with van der Waals surface area (Å²) in [4.78, 5) is 10.8. The quantitative estimate of drug-likeness (QED) is 0.768. The van der Waals surface area contributed by atoms with Gasteiger partial charge in [-0.05, 0) is 12.1 Å². The number of nitrogens with one attached hydrogen (secondary N) is 1. The molecule has 94 valence electrons. The Morgan fingerprint density at radius 2 is 2.18 bits per heavy atom. The summed E-state index contributed by atoms with van der Waals surface area (Å²) < 4.78 is 29.8. The molecule has 17 heavy (non-hydrogen) atoms. The van der Waals surface area contributed by atoms with Crippen molar-refractivity contribution in [1.82, 2.24) is 0 Å². The first-order valence-electron chi connectivity index (χ1n) is 4.96. The van der Waals surface area contributed by atoms with Gasteiger partial charge in [0.1, 0.15) is 0 Å². The molecular formula is C11H13F2NO3. The molecule has 0 bridgehead atoms. The standard InChI is InChI=1S/C11H13F2NO3/c1-17-11(16)5-8(15)6-14-7-2-3-9(12)10(13)4-7/h2-4,8,14-15H,5-6H2,1H3. The van der Waals surface area contributed by atoms with Crippen molar-refractivity contribution in [2.45, 2.75) is 12.5 Å². The Balaban J connectivity index is 2.44. The van der Waals surface area contributed by atoms with Crippen molar-refractivity contribution in [1.29, 1.82) is 0 Å². The number of aliphatic hydroxyl groups excluding tert-OH is 1. The van der Waals surface area contributed by atoms with E-state index in [-0.39, 0.29) is 13.0 Å². The Morgan fingerprint density at radius 1 is 1.47 bits per heavy atom. The summed E-state index contributed by atoms with van der Waals surface area (Å²) in [6.45, 7) is 0.0418. The van der Waals surface area contributed by atoms with E-state index in [1.54, 1.807) is 0 Å². The molecule has 0 aliphatic rings. The first kappa shape index (κ1) is 13.4. The summed E-state index contributed by atoms with van der Waals surface area (Å²) in [5.74, 6) is -2.45. The highest BCUT2D eigenvalue weighted by Gasteiger charge is 2.11. The smallest absolute Gasteiger partial charge is 0.308 e. The van der Waals surface area contributed by atoms with E-state index in [0.717, 1.165) is 12.1 Å².